The molecular formula is C10H22N2. The van der Waals surface area contributed by atoms with Gasteiger partial charge in [-0.15, -0.1) is 0 Å². The van der Waals surface area contributed by atoms with Crippen molar-refractivity contribution >= 4 is 0 Å². The quantitative estimate of drug-likeness (QED) is 0.675. The van der Waals surface area contributed by atoms with Gasteiger partial charge in [-0.1, -0.05) is 6.92 Å². The van der Waals surface area contributed by atoms with Gasteiger partial charge in [-0.2, -0.15) is 0 Å². The van der Waals surface area contributed by atoms with Crippen LogP contribution in [0.3, 0.4) is 0 Å². The summed E-state index contributed by atoms with van der Waals surface area (Å²) in [6.45, 7) is 11.5. The topological polar surface area (TPSA) is 15.3 Å². The van der Waals surface area contributed by atoms with E-state index in [9.17, 15) is 0 Å². The molecule has 0 aromatic carbocycles. The highest BCUT2D eigenvalue weighted by Crippen LogP contribution is 2.10. The minimum Gasteiger partial charge on any atom is -0.309 e. The molecule has 1 N–H and O–H groups in total. The van der Waals surface area contributed by atoms with E-state index < -0.39 is 0 Å². The zero-order valence-electron chi connectivity index (χ0n) is 8.80. The standard InChI is InChI=1S/C10H22N2/c1-5-10(4)12-6-8(2)11-9(3)7-12/h8-11H,5-7H2,1-4H3/t8-,9+,10?. The molecule has 1 heterocycles. The number of rotatable bonds is 2. The van der Waals surface area contributed by atoms with Crippen molar-refractivity contribution in [2.75, 3.05) is 13.1 Å². The van der Waals surface area contributed by atoms with Gasteiger partial charge in [-0.25, -0.2) is 0 Å². The normalized spacial score (nSPS) is 35.0. The van der Waals surface area contributed by atoms with Gasteiger partial charge < -0.3 is 5.32 Å². The Hall–Kier alpha value is -0.0800. The summed E-state index contributed by atoms with van der Waals surface area (Å²) in [6.07, 6.45) is 1.26. The molecule has 0 aromatic heterocycles. The van der Waals surface area contributed by atoms with Crippen LogP contribution in [0.2, 0.25) is 0 Å². The van der Waals surface area contributed by atoms with E-state index in [0.29, 0.717) is 12.1 Å². The van der Waals surface area contributed by atoms with E-state index in [-0.39, 0.29) is 0 Å². The van der Waals surface area contributed by atoms with Crippen molar-refractivity contribution in [3.05, 3.63) is 0 Å². The monoisotopic (exact) mass is 170 g/mol. The first-order valence-corrected chi connectivity index (χ1v) is 5.13. The molecule has 0 amide bonds. The Balaban J connectivity index is 2.43. The predicted molar refractivity (Wildman–Crippen MR) is 53.4 cm³/mol. The maximum Gasteiger partial charge on any atom is 0.0169 e. The fourth-order valence-corrected chi connectivity index (χ4v) is 1.99. The van der Waals surface area contributed by atoms with Crippen LogP contribution in [0.15, 0.2) is 0 Å². The minimum absolute atomic E-state index is 0.655. The fourth-order valence-electron chi connectivity index (χ4n) is 1.99. The van der Waals surface area contributed by atoms with Crippen LogP contribution >= 0.6 is 0 Å². The van der Waals surface area contributed by atoms with Crippen LogP contribution in [0.5, 0.6) is 0 Å². The summed E-state index contributed by atoms with van der Waals surface area (Å²) >= 11 is 0. The second kappa shape index (κ2) is 4.24. The van der Waals surface area contributed by atoms with Gasteiger partial charge in [0.1, 0.15) is 0 Å². The zero-order chi connectivity index (χ0) is 9.14. The molecule has 0 aromatic rings. The van der Waals surface area contributed by atoms with Crippen molar-refractivity contribution in [2.24, 2.45) is 0 Å². The molecule has 1 fully saturated rings. The zero-order valence-corrected chi connectivity index (χ0v) is 8.80. The third kappa shape index (κ3) is 2.46. The highest BCUT2D eigenvalue weighted by Gasteiger charge is 2.23. The summed E-state index contributed by atoms with van der Waals surface area (Å²) in [5.74, 6) is 0. The lowest BCUT2D eigenvalue weighted by molar-refractivity contribution is 0.128. The Morgan fingerprint density at radius 1 is 1.33 bits per heavy atom. The van der Waals surface area contributed by atoms with E-state index in [4.69, 9.17) is 0 Å². The summed E-state index contributed by atoms with van der Waals surface area (Å²) in [5, 5.41) is 3.55. The highest BCUT2D eigenvalue weighted by molar-refractivity contribution is 4.83. The molecule has 0 aliphatic carbocycles. The van der Waals surface area contributed by atoms with Gasteiger partial charge in [0.2, 0.25) is 0 Å². The molecule has 0 spiro atoms. The molecule has 1 unspecified atom stereocenters. The molecule has 3 atom stereocenters. The van der Waals surface area contributed by atoms with Gasteiger partial charge in [0.25, 0.3) is 0 Å². The van der Waals surface area contributed by atoms with E-state index in [1.165, 1.54) is 19.5 Å². The number of hydrogen-bond donors (Lipinski definition) is 1. The van der Waals surface area contributed by atoms with Crippen LogP contribution in [-0.2, 0) is 0 Å². The fraction of sp³-hybridized carbons (Fsp3) is 1.00. The van der Waals surface area contributed by atoms with Gasteiger partial charge in [0, 0.05) is 31.2 Å². The lowest BCUT2D eigenvalue weighted by Crippen LogP contribution is -2.56. The van der Waals surface area contributed by atoms with E-state index in [1.807, 2.05) is 0 Å². The Bertz CT molecular complexity index is 126. The van der Waals surface area contributed by atoms with E-state index >= 15 is 0 Å². The first kappa shape index (κ1) is 10.0. The first-order chi connectivity index (χ1) is 5.63. The smallest absolute Gasteiger partial charge is 0.0169 e. The molecule has 0 saturated carbocycles. The maximum absolute atomic E-state index is 3.55. The van der Waals surface area contributed by atoms with E-state index in [2.05, 4.69) is 37.9 Å². The van der Waals surface area contributed by atoms with Crippen LogP contribution in [0.4, 0.5) is 0 Å². The molecule has 1 rings (SSSR count). The Morgan fingerprint density at radius 2 is 1.83 bits per heavy atom. The van der Waals surface area contributed by atoms with E-state index in [0.717, 1.165) is 6.04 Å². The van der Waals surface area contributed by atoms with Crippen molar-refractivity contribution in [2.45, 2.75) is 52.2 Å². The SMILES string of the molecule is CCC(C)N1C[C@@H](C)N[C@@H](C)C1. The van der Waals surface area contributed by atoms with Crippen molar-refractivity contribution in [3.63, 3.8) is 0 Å². The molecule has 1 aliphatic heterocycles. The summed E-state index contributed by atoms with van der Waals surface area (Å²) in [7, 11) is 0. The molecule has 2 heteroatoms. The lowest BCUT2D eigenvalue weighted by Gasteiger charge is -2.39. The van der Waals surface area contributed by atoms with Gasteiger partial charge in [-0.05, 0) is 27.2 Å². The molecule has 2 nitrogen and oxygen atoms in total. The summed E-state index contributed by atoms with van der Waals surface area (Å²) in [6, 6.07) is 2.06. The van der Waals surface area contributed by atoms with Crippen molar-refractivity contribution in [3.8, 4) is 0 Å². The second-order valence-corrected chi connectivity index (χ2v) is 4.18. The second-order valence-electron chi connectivity index (χ2n) is 4.18. The molecule has 1 saturated heterocycles. The average Bonchev–Trinajstić information content (AvgIpc) is 2.01. The van der Waals surface area contributed by atoms with Crippen molar-refractivity contribution in [1.82, 2.24) is 10.2 Å². The van der Waals surface area contributed by atoms with Gasteiger partial charge in [-0.3, -0.25) is 4.90 Å². The predicted octanol–water partition coefficient (Wildman–Crippen LogP) is 1.47. The molecular weight excluding hydrogens is 148 g/mol. The lowest BCUT2D eigenvalue weighted by atomic mass is 10.1. The van der Waals surface area contributed by atoms with Gasteiger partial charge in [0.05, 0.1) is 0 Å². The van der Waals surface area contributed by atoms with Crippen LogP contribution in [0, 0.1) is 0 Å². The van der Waals surface area contributed by atoms with Crippen LogP contribution < -0.4 is 5.32 Å². The van der Waals surface area contributed by atoms with Crippen LogP contribution in [-0.4, -0.2) is 36.1 Å². The number of hydrogen-bond acceptors (Lipinski definition) is 2. The molecule has 72 valence electrons. The maximum atomic E-state index is 3.55. The number of nitrogens with zero attached hydrogens (tertiary/aromatic N) is 1. The minimum atomic E-state index is 0.655. The molecule has 0 bridgehead atoms. The molecule has 0 radical (unpaired) electrons. The third-order valence-electron chi connectivity index (χ3n) is 2.80. The molecule has 1 aliphatic rings. The van der Waals surface area contributed by atoms with Crippen molar-refractivity contribution in [1.29, 1.82) is 0 Å². The van der Waals surface area contributed by atoms with Crippen LogP contribution in [0.25, 0.3) is 0 Å². The van der Waals surface area contributed by atoms with Gasteiger partial charge in [0.15, 0.2) is 0 Å². The Labute approximate surface area is 76.3 Å². The van der Waals surface area contributed by atoms with Gasteiger partial charge >= 0.3 is 0 Å². The highest BCUT2D eigenvalue weighted by atomic mass is 15.2. The summed E-state index contributed by atoms with van der Waals surface area (Å²) in [5.41, 5.74) is 0. The number of nitrogens with one attached hydrogen (secondary N) is 1. The number of piperazine rings is 1. The van der Waals surface area contributed by atoms with Crippen LogP contribution in [0.1, 0.15) is 34.1 Å². The average molecular weight is 170 g/mol. The molecule has 12 heavy (non-hydrogen) atoms. The first-order valence-electron chi connectivity index (χ1n) is 5.13. The third-order valence-corrected chi connectivity index (χ3v) is 2.80. The summed E-state index contributed by atoms with van der Waals surface area (Å²) in [4.78, 5) is 2.59. The Kier molecular flexibility index (Phi) is 3.53. The summed E-state index contributed by atoms with van der Waals surface area (Å²) < 4.78 is 0. The van der Waals surface area contributed by atoms with E-state index in [1.54, 1.807) is 0 Å². The Morgan fingerprint density at radius 3 is 2.25 bits per heavy atom. The van der Waals surface area contributed by atoms with Crippen molar-refractivity contribution < 1.29 is 0 Å². The largest absolute Gasteiger partial charge is 0.309 e.